The van der Waals surface area contributed by atoms with E-state index >= 15 is 0 Å². The van der Waals surface area contributed by atoms with Crippen molar-refractivity contribution < 1.29 is 18.0 Å². The van der Waals surface area contributed by atoms with Gasteiger partial charge in [-0.3, -0.25) is 4.79 Å². The number of carbonyl (C=O) groups excluding carboxylic acids is 1. The largest absolute Gasteiger partial charge is 0.441 e. The molecule has 1 fully saturated rings. The second kappa shape index (κ2) is 5.98. The van der Waals surface area contributed by atoms with Gasteiger partial charge in [0.15, 0.2) is 0 Å². The molecule has 7 heteroatoms. The average Bonchev–Trinajstić information content (AvgIpc) is 3.22. The maximum Gasteiger partial charge on any atom is 0.240 e. The van der Waals surface area contributed by atoms with Crippen molar-refractivity contribution in [3.8, 4) is 11.5 Å². The molecule has 126 valence electrons. The van der Waals surface area contributed by atoms with Crippen LogP contribution >= 0.6 is 0 Å². The molecule has 0 aliphatic carbocycles. The van der Waals surface area contributed by atoms with Gasteiger partial charge in [-0.25, -0.2) is 13.8 Å². The van der Waals surface area contributed by atoms with Crippen molar-refractivity contribution in [3.63, 3.8) is 0 Å². The second-order valence-electron chi connectivity index (χ2n) is 6.21. The molecule has 2 aromatic rings. The normalized spacial score (nSPS) is 20.2. The van der Waals surface area contributed by atoms with Gasteiger partial charge in [0.25, 0.3) is 0 Å². The number of benzene rings is 1. The van der Waals surface area contributed by atoms with Crippen LogP contribution in [0.2, 0.25) is 0 Å². The number of nitrogens with one attached hydrogen (secondary N) is 1. The molecule has 2 aliphatic rings. The molecule has 24 heavy (non-hydrogen) atoms. The van der Waals surface area contributed by atoms with Crippen LogP contribution in [0.25, 0.3) is 11.5 Å². The van der Waals surface area contributed by atoms with Gasteiger partial charge < -0.3 is 14.6 Å². The zero-order valence-electron chi connectivity index (χ0n) is 13.0. The molecule has 0 unspecified atom stereocenters. The Hall–Kier alpha value is -2.28. The van der Waals surface area contributed by atoms with Crippen molar-refractivity contribution in [1.29, 1.82) is 0 Å². The number of rotatable bonds is 2. The van der Waals surface area contributed by atoms with Crippen LogP contribution in [0, 0.1) is 11.6 Å². The van der Waals surface area contributed by atoms with Crippen LogP contribution in [0.5, 0.6) is 0 Å². The smallest absolute Gasteiger partial charge is 0.240 e. The molecule has 1 saturated heterocycles. The Labute approximate surface area is 137 Å². The molecule has 5 nitrogen and oxygen atoms in total. The molecule has 1 aromatic heterocycles. The number of nitrogens with zero attached hydrogens (tertiary/aromatic N) is 2. The Balaban J connectivity index is 1.56. The summed E-state index contributed by atoms with van der Waals surface area (Å²) in [5, 5.41) is 3.20. The van der Waals surface area contributed by atoms with E-state index in [1.807, 2.05) is 0 Å². The van der Waals surface area contributed by atoms with Crippen LogP contribution in [0.15, 0.2) is 22.6 Å². The van der Waals surface area contributed by atoms with Gasteiger partial charge in [0.05, 0.1) is 12.6 Å². The molecular weight excluding hydrogens is 316 g/mol. The van der Waals surface area contributed by atoms with Crippen molar-refractivity contribution in [2.45, 2.75) is 31.8 Å². The highest BCUT2D eigenvalue weighted by atomic mass is 19.1. The van der Waals surface area contributed by atoms with Gasteiger partial charge in [-0.15, -0.1) is 0 Å². The van der Waals surface area contributed by atoms with E-state index in [0.29, 0.717) is 31.0 Å². The van der Waals surface area contributed by atoms with E-state index in [1.165, 1.54) is 12.1 Å². The van der Waals surface area contributed by atoms with Crippen molar-refractivity contribution in [1.82, 2.24) is 15.2 Å². The first-order valence-electron chi connectivity index (χ1n) is 8.07. The third-order valence-corrected chi connectivity index (χ3v) is 4.51. The minimum Gasteiger partial charge on any atom is -0.441 e. The highest BCUT2D eigenvalue weighted by molar-refractivity contribution is 5.82. The standard InChI is InChI=1S/C17H17F2N3O2/c18-11-6-10(7-12(19)8-11)16-21-14-9-22(5-3-15(14)24-16)17(23)13-2-1-4-20-13/h6-8,13,20H,1-5,9H2/t13-/m0/s1. The maximum atomic E-state index is 13.4. The molecule has 0 radical (unpaired) electrons. The fourth-order valence-electron chi connectivity index (χ4n) is 3.30. The van der Waals surface area contributed by atoms with E-state index < -0.39 is 11.6 Å². The second-order valence-corrected chi connectivity index (χ2v) is 6.21. The summed E-state index contributed by atoms with van der Waals surface area (Å²) in [5.41, 5.74) is 0.921. The van der Waals surface area contributed by atoms with Crippen molar-refractivity contribution in [2.24, 2.45) is 0 Å². The summed E-state index contributed by atoms with van der Waals surface area (Å²) in [5.74, 6) is -0.403. The number of amides is 1. The summed E-state index contributed by atoms with van der Waals surface area (Å²) in [6.45, 7) is 1.80. The molecule has 0 saturated carbocycles. The molecular formula is C17H17F2N3O2. The quantitative estimate of drug-likeness (QED) is 0.916. The van der Waals surface area contributed by atoms with Crippen LogP contribution in [-0.4, -0.2) is 34.9 Å². The van der Waals surface area contributed by atoms with E-state index in [2.05, 4.69) is 10.3 Å². The number of hydrogen-bond acceptors (Lipinski definition) is 4. The van der Waals surface area contributed by atoms with Gasteiger partial charge in [-0.1, -0.05) is 0 Å². The summed E-state index contributed by atoms with van der Waals surface area (Å²) >= 11 is 0. The molecule has 4 rings (SSSR count). The molecule has 0 spiro atoms. The topological polar surface area (TPSA) is 58.4 Å². The highest BCUT2D eigenvalue weighted by Crippen LogP contribution is 2.27. The molecule has 2 aliphatic heterocycles. The van der Waals surface area contributed by atoms with Crippen LogP contribution in [-0.2, 0) is 17.8 Å². The fraction of sp³-hybridized carbons (Fsp3) is 0.412. The average molecular weight is 333 g/mol. The van der Waals surface area contributed by atoms with Crippen molar-refractivity contribution in [2.75, 3.05) is 13.1 Å². The van der Waals surface area contributed by atoms with Gasteiger partial charge in [0, 0.05) is 24.6 Å². The lowest BCUT2D eigenvalue weighted by Crippen LogP contribution is -2.45. The number of halogens is 2. The Bertz CT molecular complexity index is 764. The van der Waals surface area contributed by atoms with Crippen molar-refractivity contribution in [3.05, 3.63) is 41.3 Å². The first-order valence-corrected chi connectivity index (χ1v) is 8.07. The van der Waals surface area contributed by atoms with Gasteiger partial charge >= 0.3 is 0 Å². The summed E-state index contributed by atoms with van der Waals surface area (Å²) < 4.78 is 32.4. The van der Waals surface area contributed by atoms with Gasteiger partial charge in [0.2, 0.25) is 11.8 Å². The number of hydrogen-bond donors (Lipinski definition) is 1. The molecule has 0 bridgehead atoms. The Morgan fingerprint density at radius 2 is 2.08 bits per heavy atom. The first-order chi connectivity index (χ1) is 11.6. The van der Waals surface area contributed by atoms with Crippen LogP contribution in [0.1, 0.15) is 24.3 Å². The first kappa shape index (κ1) is 15.3. The highest BCUT2D eigenvalue weighted by Gasteiger charge is 2.31. The Kier molecular flexibility index (Phi) is 3.80. The van der Waals surface area contributed by atoms with Gasteiger partial charge in [-0.05, 0) is 31.5 Å². The number of aromatic nitrogens is 1. The lowest BCUT2D eigenvalue weighted by atomic mass is 10.1. The van der Waals surface area contributed by atoms with Crippen LogP contribution in [0.4, 0.5) is 8.78 Å². The predicted molar refractivity (Wildman–Crippen MR) is 82.0 cm³/mol. The third-order valence-electron chi connectivity index (χ3n) is 4.51. The minimum absolute atomic E-state index is 0.0829. The minimum atomic E-state index is -0.676. The van der Waals surface area contributed by atoms with Gasteiger partial charge in [0.1, 0.15) is 23.1 Å². The monoisotopic (exact) mass is 333 g/mol. The lowest BCUT2D eigenvalue weighted by molar-refractivity contribution is -0.134. The Morgan fingerprint density at radius 3 is 2.79 bits per heavy atom. The SMILES string of the molecule is O=C([C@@H]1CCCN1)N1CCc2oc(-c3cc(F)cc(F)c3)nc2C1. The summed E-state index contributed by atoms with van der Waals surface area (Å²) in [7, 11) is 0. The van der Waals surface area contributed by atoms with E-state index in [4.69, 9.17) is 4.42 Å². The summed E-state index contributed by atoms with van der Waals surface area (Å²) in [4.78, 5) is 18.6. The summed E-state index contributed by atoms with van der Waals surface area (Å²) in [6, 6.07) is 3.06. The van der Waals surface area contributed by atoms with Crippen LogP contribution in [0.3, 0.4) is 0 Å². The number of fused-ring (bicyclic) bond motifs is 1. The number of carbonyl (C=O) groups is 1. The summed E-state index contributed by atoms with van der Waals surface area (Å²) in [6.07, 6.45) is 2.42. The fourth-order valence-corrected chi connectivity index (χ4v) is 3.30. The third kappa shape index (κ3) is 2.80. The van der Waals surface area contributed by atoms with Gasteiger partial charge in [-0.2, -0.15) is 0 Å². The zero-order valence-corrected chi connectivity index (χ0v) is 13.0. The Morgan fingerprint density at radius 1 is 1.29 bits per heavy atom. The zero-order chi connectivity index (χ0) is 16.7. The van der Waals surface area contributed by atoms with Crippen LogP contribution < -0.4 is 5.32 Å². The molecule has 1 amide bonds. The van der Waals surface area contributed by atoms with E-state index in [0.717, 1.165) is 25.5 Å². The van der Waals surface area contributed by atoms with E-state index in [1.54, 1.807) is 4.90 Å². The molecule has 1 atom stereocenters. The van der Waals surface area contributed by atoms with E-state index in [9.17, 15) is 13.6 Å². The molecule has 3 heterocycles. The molecule has 1 aromatic carbocycles. The predicted octanol–water partition coefficient (Wildman–Crippen LogP) is 2.26. The lowest BCUT2D eigenvalue weighted by Gasteiger charge is -2.27. The number of oxazole rings is 1. The molecule has 1 N–H and O–H groups in total. The maximum absolute atomic E-state index is 13.4. The van der Waals surface area contributed by atoms with Crippen molar-refractivity contribution >= 4 is 5.91 Å². The van der Waals surface area contributed by atoms with E-state index in [-0.39, 0.29) is 23.4 Å².